The molecule has 2 rings (SSSR count). The number of nitrogens with one attached hydrogen (secondary N) is 1. The van der Waals surface area contributed by atoms with Gasteiger partial charge >= 0.3 is 0 Å². The Hall–Kier alpha value is -1.70. The van der Waals surface area contributed by atoms with E-state index in [9.17, 15) is 8.42 Å². The number of hydrogen-bond acceptors (Lipinski definition) is 5. The highest BCUT2D eigenvalue weighted by atomic mass is 32.2. The summed E-state index contributed by atoms with van der Waals surface area (Å²) in [5, 5.41) is 3.24. The number of furan rings is 1. The highest BCUT2D eigenvalue weighted by Gasteiger charge is 2.21. The van der Waals surface area contributed by atoms with Crippen LogP contribution >= 0.6 is 0 Å². The molecule has 21 heavy (non-hydrogen) atoms. The van der Waals surface area contributed by atoms with Crippen LogP contribution in [0.5, 0.6) is 0 Å². The van der Waals surface area contributed by atoms with Gasteiger partial charge in [-0.05, 0) is 36.8 Å². The Morgan fingerprint density at radius 1 is 1.24 bits per heavy atom. The van der Waals surface area contributed by atoms with Crippen LogP contribution in [0, 0.1) is 0 Å². The molecular weight excluding hydrogens is 290 g/mol. The summed E-state index contributed by atoms with van der Waals surface area (Å²) in [4.78, 5) is 3.98. The molecule has 0 saturated carbocycles. The molecule has 0 fully saturated rings. The fraction of sp³-hybridized carbons (Fsp3) is 0.357. The molecule has 0 aliphatic heterocycles. The maximum Gasteiger partial charge on any atom is 0.275 e. The van der Waals surface area contributed by atoms with Crippen molar-refractivity contribution in [2.24, 2.45) is 0 Å². The Bertz CT molecular complexity index is 680. The third kappa shape index (κ3) is 3.69. The fourth-order valence-electron chi connectivity index (χ4n) is 1.80. The summed E-state index contributed by atoms with van der Waals surface area (Å²) in [5.74, 6) is 0.580. The monoisotopic (exact) mass is 309 g/mol. The lowest BCUT2D eigenvalue weighted by Crippen LogP contribution is -2.21. The molecule has 0 radical (unpaired) electrons. The maximum absolute atomic E-state index is 11.9. The zero-order valence-electron chi connectivity index (χ0n) is 12.3. The predicted octanol–water partition coefficient (Wildman–Crippen LogP) is 1.78. The molecule has 0 aliphatic rings. The predicted molar refractivity (Wildman–Crippen MR) is 79.1 cm³/mol. The first-order chi connectivity index (χ1) is 9.91. The van der Waals surface area contributed by atoms with Gasteiger partial charge in [-0.3, -0.25) is 4.98 Å². The van der Waals surface area contributed by atoms with Gasteiger partial charge in [0.2, 0.25) is 5.09 Å². The lowest BCUT2D eigenvalue weighted by Gasteiger charge is -2.12. The molecule has 114 valence electrons. The van der Waals surface area contributed by atoms with Gasteiger partial charge in [0, 0.05) is 32.5 Å². The van der Waals surface area contributed by atoms with E-state index in [1.807, 2.05) is 19.1 Å². The number of pyridine rings is 1. The van der Waals surface area contributed by atoms with Crippen LogP contribution in [0.25, 0.3) is 0 Å². The van der Waals surface area contributed by atoms with E-state index in [0.29, 0.717) is 12.3 Å². The fourth-order valence-corrected chi connectivity index (χ4v) is 2.61. The summed E-state index contributed by atoms with van der Waals surface area (Å²) in [6.07, 6.45) is 3.48. The molecule has 0 aromatic carbocycles. The zero-order valence-corrected chi connectivity index (χ0v) is 13.1. The molecule has 7 heteroatoms. The van der Waals surface area contributed by atoms with Gasteiger partial charge < -0.3 is 9.73 Å². The smallest absolute Gasteiger partial charge is 0.275 e. The van der Waals surface area contributed by atoms with Gasteiger partial charge in [-0.1, -0.05) is 0 Å². The van der Waals surface area contributed by atoms with E-state index in [2.05, 4.69) is 10.3 Å². The number of rotatable bonds is 6. The van der Waals surface area contributed by atoms with Crippen LogP contribution in [-0.4, -0.2) is 31.8 Å². The summed E-state index contributed by atoms with van der Waals surface area (Å²) >= 11 is 0. The zero-order chi connectivity index (χ0) is 15.5. The minimum absolute atomic E-state index is 0.0409. The summed E-state index contributed by atoms with van der Waals surface area (Å²) in [6, 6.07) is 7.13. The van der Waals surface area contributed by atoms with E-state index in [4.69, 9.17) is 4.42 Å². The Kier molecular flexibility index (Phi) is 4.76. The molecule has 1 atom stereocenters. The van der Waals surface area contributed by atoms with Gasteiger partial charge in [-0.15, -0.1) is 0 Å². The van der Waals surface area contributed by atoms with Crippen LogP contribution in [0.15, 0.2) is 46.2 Å². The van der Waals surface area contributed by atoms with Crippen LogP contribution in [0.4, 0.5) is 0 Å². The van der Waals surface area contributed by atoms with Gasteiger partial charge in [0.25, 0.3) is 10.0 Å². The Morgan fingerprint density at radius 2 is 1.90 bits per heavy atom. The maximum atomic E-state index is 11.9. The van der Waals surface area contributed by atoms with Crippen molar-refractivity contribution < 1.29 is 12.8 Å². The first-order valence-corrected chi connectivity index (χ1v) is 8.00. The second-order valence-corrected chi connectivity index (χ2v) is 6.97. The SMILES string of the molecule is C[C@H](NCc1ccc(S(=O)(=O)N(C)C)o1)c1ccncc1. The highest BCUT2D eigenvalue weighted by molar-refractivity contribution is 7.88. The normalized spacial score (nSPS) is 13.5. The number of sulfonamides is 1. The molecule has 0 saturated heterocycles. The lowest BCUT2D eigenvalue weighted by molar-refractivity contribution is 0.382. The van der Waals surface area contributed by atoms with Crippen molar-refractivity contribution in [3.05, 3.63) is 48.0 Å². The average Bonchev–Trinajstić information content (AvgIpc) is 2.95. The molecule has 0 amide bonds. The molecular formula is C14H19N3O3S. The Morgan fingerprint density at radius 3 is 2.52 bits per heavy atom. The van der Waals surface area contributed by atoms with Crippen LogP contribution in [-0.2, 0) is 16.6 Å². The van der Waals surface area contributed by atoms with Crippen molar-refractivity contribution in [2.45, 2.75) is 24.6 Å². The van der Waals surface area contributed by atoms with Gasteiger partial charge in [-0.25, -0.2) is 12.7 Å². The Balaban J connectivity index is 2.01. The molecule has 0 aliphatic carbocycles. The molecule has 2 heterocycles. The molecule has 0 bridgehead atoms. The van der Waals surface area contributed by atoms with E-state index in [1.54, 1.807) is 18.5 Å². The Labute approximate surface area is 124 Å². The molecule has 0 spiro atoms. The van der Waals surface area contributed by atoms with E-state index in [0.717, 1.165) is 9.87 Å². The quantitative estimate of drug-likeness (QED) is 0.880. The van der Waals surface area contributed by atoms with Crippen molar-refractivity contribution in [1.82, 2.24) is 14.6 Å². The summed E-state index contributed by atoms with van der Waals surface area (Å²) in [7, 11) is -0.569. The van der Waals surface area contributed by atoms with Crippen molar-refractivity contribution in [3.63, 3.8) is 0 Å². The summed E-state index contributed by atoms with van der Waals surface area (Å²) in [6.45, 7) is 2.47. The second-order valence-electron chi connectivity index (χ2n) is 4.89. The summed E-state index contributed by atoms with van der Waals surface area (Å²) in [5.41, 5.74) is 1.11. The summed E-state index contributed by atoms with van der Waals surface area (Å²) < 4.78 is 30.3. The second kappa shape index (κ2) is 6.38. The minimum Gasteiger partial charge on any atom is -0.447 e. The van der Waals surface area contributed by atoms with Crippen LogP contribution in [0.1, 0.15) is 24.3 Å². The first-order valence-electron chi connectivity index (χ1n) is 6.56. The van der Waals surface area contributed by atoms with E-state index in [1.165, 1.54) is 20.2 Å². The van der Waals surface area contributed by atoms with Crippen LogP contribution < -0.4 is 5.32 Å². The van der Waals surface area contributed by atoms with Crippen LogP contribution in [0.3, 0.4) is 0 Å². The van der Waals surface area contributed by atoms with Gasteiger partial charge in [0.1, 0.15) is 5.76 Å². The lowest BCUT2D eigenvalue weighted by atomic mass is 10.1. The molecule has 0 unspecified atom stereocenters. The molecule has 2 aromatic heterocycles. The van der Waals surface area contributed by atoms with Crippen LogP contribution in [0.2, 0.25) is 0 Å². The van der Waals surface area contributed by atoms with Crippen molar-refractivity contribution in [3.8, 4) is 0 Å². The van der Waals surface area contributed by atoms with Gasteiger partial charge in [0.15, 0.2) is 0 Å². The molecule has 2 aromatic rings. The average molecular weight is 309 g/mol. The van der Waals surface area contributed by atoms with E-state index >= 15 is 0 Å². The topological polar surface area (TPSA) is 75.4 Å². The van der Waals surface area contributed by atoms with E-state index < -0.39 is 10.0 Å². The molecule has 6 nitrogen and oxygen atoms in total. The van der Waals surface area contributed by atoms with Crippen molar-refractivity contribution in [1.29, 1.82) is 0 Å². The standard InChI is InChI=1S/C14H19N3O3S/c1-11(12-6-8-15-9-7-12)16-10-13-4-5-14(20-13)21(18,19)17(2)3/h4-9,11,16H,10H2,1-3H3/t11-/m0/s1. The van der Waals surface area contributed by atoms with E-state index in [-0.39, 0.29) is 11.1 Å². The largest absolute Gasteiger partial charge is 0.447 e. The number of nitrogens with zero attached hydrogens (tertiary/aromatic N) is 2. The third-order valence-corrected chi connectivity index (χ3v) is 4.85. The minimum atomic E-state index is -3.52. The van der Waals surface area contributed by atoms with Crippen molar-refractivity contribution in [2.75, 3.05) is 14.1 Å². The highest BCUT2D eigenvalue weighted by Crippen LogP contribution is 2.18. The third-order valence-electron chi connectivity index (χ3n) is 3.16. The van der Waals surface area contributed by atoms with Gasteiger partial charge in [0.05, 0.1) is 6.54 Å². The molecule has 1 N–H and O–H groups in total. The number of aromatic nitrogens is 1. The van der Waals surface area contributed by atoms with Crippen molar-refractivity contribution >= 4 is 10.0 Å². The number of hydrogen-bond donors (Lipinski definition) is 1. The van der Waals surface area contributed by atoms with Gasteiger partial charge in [-0.2, -0.15) is 0 Å². The first kappa shape index (κ1) is 15.7.